The lowest BCUT2D eigenvalue weighted by Gasteiger charge is -2.15. The first kappa shape index (κ1) is 20.4. The first-order valence-corrected chi connectivity index (χ1v) is 10.4. The Labute approximate surface area is 174 Å². The second-order valence-corrected chi connectivity index (χ2v) is 8.14. The van der Waals surface area contributed by atoms with Crippen molar-refractivity contribution in [3.63, 3.8) is 0 Å². The summed E-state index contributed by atoms with van der Waals surface area (Å²) in [5, 5.41) is 3.61. The number of hydrogen-bond donors (Lipinski definition) is 1. The van der Waals surface area contributed by atoms with Crippen molar-refractivity contribution in [1.29, 1.82) is 0 Å². The summed E-state index contributed by atoms with van der Waals surface area (Å²) >= 11 is 7.22. The van der Waals surface area contributed by atoms with Crippen LogP contribution in [0, 0.1) is 6.92 Å². The van der Waals surface area contributed by atoms with E-state index < -0.39 is 5.25 Å². The molecule has 0 radical (unpaired) electrons. The molecular formula is C21H22ClN3O2S. The first-order valence-electron chi connectivity index (χ1n) is 9.15. The molecule has 1 heterocycles. The second-order valence-electron chi connectivity index (χ2n) is 6.54. The van der Waals surface area contributed by atoms with E-state index in [4.69, 9.17) is 16.6 Å². The van der Waals surface area contributed by atoms with E-state index in [-0.39, 0.29) is 18.2 Å². The number of halogens is 1. The van der Waals surface area contributed by atoms with Crippen LogP contribution in [0.4, 0.5) is 11.4 Å². The zero-order valence-corrected chi connectivity index (χ0v) is 17.4. The number of thioether (sulfide) groups is 1. The van der Waals surface area contributed by atoms with Crippen molar-refractivity contribution in [3.8, 4) is 0 Å². The molecule has 1 aliphatic rings. The summed E-state index contributed by atoms with van der Waals surface area (Å²) in [6, 6.07) is 14.7. The van der Waals surface area contributed by atoms with Crippen LogP contribution in [0.15, 0.2) is 53.5 Å². The van der Waals surface area contributed by atoms with Gasteiger partial charge in [-0.2, -0.15) is 0 Å². The Kier molecular flexibility index (Phi) is 6.75. The van der Waals surface area contributed by atoms with Gasteiger partial charge in [0.15, 0.2) is 5.17 Å². The number of hydrogen-bond acceptors (Lipinski definition) is 4. The van der Waals surface area contributed by atoms with Crippen molar-refractivity contribution in [3.05, 3.63) is 59.1 Å². The normalized spacial score (nSPS) is 18.0. The maximum Gasteiger partial charge on any atom is 0.242 e. The van der Waals surface area contributed by atoms with Gasteiger partial charge in [0.1, 0.15) is 5.25 Å². The van der Waals surface area contributed by atoms with Crippen LogP contribution in [0.2, 0.25) is 5.02 Å². The molecule has 1 atom stereocenters. The fraction of sp³-hybridized carbons (Fsp3) is 0.286. The molecule has 1 aliphatic heterocycles. The van der Waals surface area contributed by atoms with Crippen molar-refractivity contribution in [1.82, 2.24) is 4.90 Å². The molecule has 2 aromatic carbocycles. The minimum atomic E-state index is -0.471. The highest BCUT2D eigenvalue weighted by Gasteiger charge is 2.38. The van der Waals surface area contributed by atoms with Crippen molar-refractivity contribution in [2.24, 2.45) is 4.99 Å². The van der Waals surface area contributed by atoms with Crippen molar-refractivity contribution < 1.29 is 9.59 Å². The highest BCUT2D eigenvalue weighted by molar-refractivity contribution is 8.15. The van der Waals surface area contributed by atoms with Gasteiger partial charge < -0.3 is 5.32 Å². The number of carbonyl (C=O) groups excluding carboxylic acids is 2. The summed E-state index contributed by atoms with van der Waals surface area (Å²) in [6.07, 6.45) is 0.919. The molecule has 28 heavy (non-hydrogen) atoms. The van der Waals surface area contributed by atoms with Gasteiger partial charge in [-0.15, -0.1) is 0 Å². The van der Waals surface area contributed by atoms with Crippen LogP contribution in [0.25, 0.3) is 0 Å². The van der Waals surface area contributed by atoms with Crippen LogP contribution in [0.5, 0.6) is 0 Å². The van der Waals surface area contributed by atoms with Crippen molar-refractivity contribution in [2.75, 3.05) is 11.9 Å². The Morgan fingerprint density at radius 3 is 2.61 bits per heavy atom. The third-order valence-electron chi connectivity index (χ3n) is 4.30. The Morgan fingerprint density at radius 1 is 1.21 bits per heavy atom. The molecule has 0 spiro atoms. The van der Waals surface area contributed by atoms with E-state index in [2.05, 4.69) is 5.32 Å². The summed E-state index contributed by atoms with van der Waals surface area (Å²) in [4.78, 5) is 31.6. The summed E-state index contributed by atoms with van der Waals surface area (Å²) in [6.45, 7) is 4.60. The third-order valence-corrected chi connectivity index (χ3v) is 5.72. The monoisotopic (exact) mass is 415 g/mol. The number of nitrogens with one attached hydrogen (secondary N) is 1. The highest BCUT2D eigenvalue weighted by Crippen LogP contribution is 2.32. The largest absolute Gasteiger partial charge is 0.326 e. The molecular weight excluding hydrogens is 394 g/mol. The number of amides is 2. The van der Waals surface area contributed by atoms with Crippen LogP contribution in [-0.2, 0) is 9.59 Å². The van der Waals surface area contributed by atoms with Crippen molar-refractivity contribution >= 4 is 51.7 Å². The zero-order valence-electron chi connectivity index (χ0n) is 15.8. The van der Waals surface area contributed by atoms with Crippen molar-refractivity contribution in [2.45, 2.75) is 31.9 Å². The lowest BCUT2D eigenvalue weighted by molar-refractivity contribution is -0.128. The van der Waals surface area contributed by atoms with Gasteiger partial charge in [0.25, 0.3) is 0 Å². The molecule has 0 saturated carbocycles. The van der Waals surface area contributed by atoms with Crippen LogP contribution >= 0.6 is 23.4 Å². The van der Waals surface area contributed by atoms with E-state index in [0.717, 1.165) is 17.7 Å². The number of amidine groups is 1. The molecule has 1 N–H and O–H groups in total. The molecule has 1 fully saturated rings. The number of anilines is 1. The molecule has 7 heteroatoms. The van der Waals surface area contributed by atoms with Crippen LogP contribution < -0.4 is 5.32 Å². The fourth-order valence-electron chi connectivity index (χ4n) is 2.86. The number of rotatable bonds is 6. The Hall–Kier alpha value is -2.31. The molecule has 2 amide bonds. The average molecular weight is 416 g/mol. The number of benzene rings is 2. The zero-order chi connectivity index (χ0) is 20.1. The van der Waals surface area contributed by atoms with Gasteiger partial charge in [0, 0.05) is 23.7 Å². The molecule has 0 unspecified atom stereocenters. The summed E-state index contributed by atoms with van der Waals surface area (Å²) < 4.78 is 0. The Balaban J connectivity index is 1.73. The maximum absolute atomic E-state index is 12.8. The van der Waals surface area contributed by atoms with Crippen LogP contribution in [0.1, 0.15) is 25.3 Å². The summed E-state index contributed by atoms with van der Waals surface area (Å²) in [5.74, 6) is -0.271. The molecule has 0 aliphatic carbocycles. The van der Waals surface area contributed by atoms with Gasteiger partial charge in [0.05, 0.1) is 5.69 Å². The molecule has 0 bridgehead atoms. The predicted molar refractivity (Wildman–Crippen MR) is 116 cm³/mol. The number of para-hydroxylation sites is 1. The quantitative estimate of drug-likeness (QED) is 0.720. The van der Waals surface area contributed by atoms with Crippen LogP contribution in [-0.4, -0.2) is 33.7 Å². The standard InChI is InChI=1S/C21H22ClN3O2S/c1-3-12-25-20(27)18(13-19(26)23-16-10-8-15(22)9-11-16)28-21(25)24-17-7-5-4-6-14(17)2/h4-11,18H,3,12-13H2,1-2H3,(H,23,26)/t18-/m0/s1. The third kappa shape index (κ3) is 4.94. The van der Waals surface area contributed by atoms with Gasteiger partial charge in [-0.05, 0) is 49.2 Å². The number of nitrogens with zero attached hydrogens (tertiary/aromatic N) is 2. The predicted octanol–water partition coefficient (Wildman–Crippen LogP) is 5.02. The lowest BCUT2D eigenvalue weighted by atomic mass is 10.2. The van der Waals surface area contributed by atoms with E-state index in [1.807, 2.05) is 38.1 Å². The van der Waals surface area contributed by atoms with E-state index in [9.17, 15) is 9.59 Å². The first-order chi connectivity index (χ1) is 13.5. The van der Waals surface area contributed by atoms with E-state index in [0.29, 0.717) is 22.4 Å². The summed E-state index contributed by atoms with van der Waals surface area (Å²) in [7, 11) is 0. The minimum absolute atomic E-state index is 0.0644. The highest BCUT2D eigenvalue weighted by atomic mass is 35.5. The minimum Gasteiger partial charge on any atom is -0.326 e. The number of aliphatic imine (C=N–C) groups is 1. The molecule has 2 aromatic rings. The van der Waals surface area contributed by atoms with E-state index in [1.165, 1.54) is 11.8 Å². The topological polar surface area (TPSA) is 61.8 Å². The van der Waals surface area contributed by atoms with Gasteiger partial charge in [-0.25, -0.2) is 4.99 Å². The molecule has 5 nitrogen and oxygen atoms in total. The van der Waals surface area contributed by atoms with Gasteiger partial charge in [0.2, 0.25) is 11.8 Å². The molecule has 146 valence electrons. The lowest BCUT2D eigenvalue weighted by Crippen LogP contribution is -2.34. The van der Waals surface area contributed by atoms with Gasteiger partial charge >= 0.3 is 0 Å². The molecule has 3 rings (SSSR count). The van der Waals surface area contributed by atoms with E-state index >= 15 is 0 Å². The second kappa shape index (κ2) is 9.26. The van der Waals surface area contributed by atoms with E-state index in [1.54, 1.807) is 29.2 Å². The smallest absolute Gasteiger partial charge is 0.242 e. The SMILES string of the molecule is CCCN1C(=O)[C@H](CC(=O)Nc2ccc(Cl)cc2)SC1=Nc1ccccc1C. The van der Waals surface area contributed by atoms with Crippen LogP contribution in [0.3, 0.4) is 0 Å². The Bertz CT molecular complexity index is 899. The number of carbonyl (C=O) groups is 2. The summed E-state index contributed by atoms with van der Waals surface area (Å²) in [5.41, 5.74) is 2.54. The maximum atomic E-state index is 12.8. The molecule has 1 saturated heterocycles. The van der Waals surface area contributed by atoms with Gasteiger partial charge in [-0.3, -0.25) is 14.5 Å². The van der Waals surface area contributed by atoms with Gasteiger partial charge in [-0.1, -0.05) is 48.5 Å². The number of aryl methyl sites for hydroxylation is 1. The Morgan fingerprint density at radius 2 is 1.93 bits per heavy atom. The molecule has 0 aromatic heterocycles. The fourth-order valence-corrected chi connectivity index (χ4v) is 4.16. The average Bonchev–Trinajstić information content (AvgIpc) is 2.94.